The molecular weight excluding hydrogens is 478 g/mol. The van der Waals surface area contributed by atoms with Gasteiger partial charge < -0.3 is 15.2 Å². The van der Waals surface area contributed by atoms with Crippen LogP contribution in [0.1, 0.15) is 87.0 Å². The first-order valence-corrected chi connectivity index (χ1v) is 13.8. The Morgan fingerprint density at radius 3 is 2.50 bits per heavy atom. The molecule has 0 radical (unpaired) electrons. The molecule has 202 valence electrons. The second-order valence-corrected chi connectivity index (χ2v) is 12.0. The van der Waals surface area contributed by atoms with Crippen LogP contribution in [-0.2, 0) is 17.8 Å². The summed E-state index contributed by atoms with van der Waals surface area (Å²) < 4.78 is 7.41. The summed E-state index contributed by atoms with van der Waals surface area (Å²) in [5.41, 5.74) is 4.57. The molecular formula is C31H39N3O4. The Hall–Kier alpha value is -3.16. The monoisotopic (exact) mass is 517 g/mol. The molecule has 1 fully saturated rings. The summed E-state index contributed by atoms with van der Waals surface area (Å²) in [6, 6.07) is 11.9. The summed E-state index contributed by atoms with van der Waals surface area (Å²) in [4.78, 5) is 29.1. The maximum absolute atomic E-state index is 13.6. The van der Waals surface area contributed by atoms with Crippen LogP contribution in [-0.4, -0.2) is 45.3 Å². The van der Waals surface area contributed by atoms with Crippen LogP contribution in [0.4, 0.5) is 4.79 Å². The maximum atomic E-state index is 13.6. The van der Waals surface area contributed by atoms with E-state index in [-0.39, 0.29) is 11.8 Å². The number of piperidine rings is 1. The maximum Gasteiger partial charge on any atom is 0.419 e. The number of likely N-dealkylation sites (tertiary alicyclic amines) is 1. The van der Waals surface area contributed by atoms with Crippen LogP contribution in [0.5, 0.6) is 0 Å². The van der Waals surface area contributed by atoms with Gasteiger partial charge in [0.1, 0.15) is 5.60 Å². The van der Waals surface area contributed by atoms with Gasteiger partial charge in [0.2, 0.25) is 0 Å². The third kappa shape index (κ3) is 5.22. The van der Waals surface area contributed by atoms with Crippen LogP contribution >= 0.6 is 0 Å². The van der Waals surface area contributed by atoms with Gasteiger partial charge in [-0.1, -0.05) is 32.4 Å². The molecule has 1 amide bonds. The number of aromatic nitrogens is 1. The van der Waals surface area contributed by atoms with Crippen molar-refractivity contribution >= 4 is 22.9 Å². The molecule has 1 unspecified atom stereocenters. The molecule has 1 aromatic heterocycles. The van der Waals surface area contributed by atoms with Gasteiger partial charge in [-0.05, 0) is 93.6 Å². The van der Waals surface area contributed by atoms with E-state index in [0.717, 1.165) is 41.7 Å². The number of hydrogen-bond acceptors (Lipinski definition) is 5. The Kier molecular flexibility index (Phi) is 7.09. The molecule has 7 heteroatoms. The summed E-state index contributed by atoms with van der Waals surface area (Å²) in [6.07, 6.45) is 2.57. The van der Waals surface area contributed by atoms with E-state index in [1.807, 2.05) is 58.9 Å². The third-order valence-electron chi connectivity index (χ3n) is 7.45. The quantitative estimate of drug-likeness (QED) is 0.433. The molecule has 0 saturated carbocycles. The molecule has 0 bridgehead atoms. The van der Waals surface area contributed by atoms with Crippen LogP contribution < -0.4 is 5.32 Å². The number of hydrogen-bond donors (Lipinski definition) is 2. The number of aliphatic hydroxyl groups excluding tert-OH is 1. The summed E-state index contributed by atoms with van der Waals surface area (Å²) >= 11 is 0. The van der Waals surface area contributed by atoms with Gasteiger partial charge in [-0.25, -0.2) is 9.36 Å². The predicted octanol–water partition coefficient (Wildman–Crippen LogP) is 6.01. The third-order valence-corrected chi connectivity index (χ3v) is 7.45. The highest BCUT2D eigenvalue weighted by Gasteiger charge is 2.30. The average Bonchev–Trinajstić information content (AvgIpc) is 3.43. The van der Waals surface area contributed by atoms with Crippen molar-refractivity contribution in [3.05, 3.63) is 58.7 Å². The lowest BCUT2D eigenvalue weighted by Gasteiger charge is -2.26. The molecule has 2 aliphatic heterocycles. The molecule has 1 atom stereocenters. The zero-order chi connectivity index (χ0) is 27.2. The van der Waals surface area contributed by atoms with E-state index in [2.05, 4.69) is 22.3 Å². The van der Waals surface area contributed by atoms with Crippen LogP contribution in [0.3, 0.4) is 0 Å². The molecule has 0 aliphatic carbocycles. The van der Waals surface area contributed by atoms with Crippen molar-refractivity contribution < 1.29 is 19.4 Å². The molecule has 5 rings (SSSR count). The van der Waals surface area contributed by atoms with E-state index in [9.17, 15) is 14.7 Å². The number of benzene rings is 2. The second-order valence-electron chi connectivity index (χ2n) is 12.0. The minimum Gasteiger partial charge on any atom is -0.443 e. The van der Waals surface area contributed by atoms with E-state index in [1.54, 1.807) is 4.57 Å². The van der Waals surface area contributed by atoms with Gasteiger partial charge >= 0.3 is 6.09 Å². The number of rotatable bonds is 5. The first-order valence-electron chi connectivity index (χ1n) is 13.8. The number of carbonyl (C=O) groups excluding carboxylic acids is 2. The van der Waals surface area contributed by atoms with Crippen molar-refractivity contribution in [2.75, 3.05) is 13.1 Å². The summed E-state index contributed by atoms with van der Waals surface area (Å²) in [5.74, 6) is -0.174. The predicted molar refractivity (Wildman–Crippen MR) is 149 cm³/mol. The van der Waals surface area contributed by atoms with Gasteiger partial charge in [-0.3, -0.25) is 9.69 Å². The number of fused-ring (bicyclic) bond motifs is 2. The molecule has 0 spiro atoms. The van der Waals surface area contributed by atoms with Gasteiger partial charge in [0, 0.05) is 24.0 Å². The average molecular weight is 518 g/mol. The van der Waals surface area contributed by atoms with E-state index >= 15 is 0 Å². The molecule has 1 saturated heterocycles. The lowest BCUT2D eigenvalue weighted by atomic mass is 9.91. The Balaban J connectivity index is 1.68. The number of ether oxygens (including phenoxy) is 1. The minimum absolute atomic E-state index is 0.0000213. The van der Waals surface area contributed by atoms with Crippen LogP contribution in [0.25, 0.3) is 22.2 Å². The largest absolute Gasteiger partial charge is 0.443 e. The first-order chi connectivity index (χ1) is 18.0. The van der Waals surface area contributed by atoms with Crippen molar-refractivity contribution in [3.8, 4) is 11.3 Å². The van der Waals surface area contributed by atoms with Crippen LogP contribution in [0.15, 0.2) is 36.4 Å². The van der Waals surface area contributed by atoms with E-state index < -0.39 is 17.8 Å². The van der Waals surface area contributed by atoms with Crippen molar-refractivity contribution in [2.45, 2.75) is 78.7 Å². The van der Waals surface area contributed by atoms with Crippen molar-refractivity contribution in [1.29, 1.82) is 0 Å². The Morgan fingerprint density at radius 1 is 1.08 bits per heavy atom. The SMILES string of the molecule is CC(C)C(O)c1cc2c(c(-c3cc4cc(CN5CCCCC5)ccc4n3C(=O)OC(C)(C)C)c1)C(=O)NC2. The smallest absolute Gasteiger partial charge is 0.419 e. The second kappa shape index (κ2) is 10.2. The number of amides is 1. The fourth-order valence-corrected chi connectivity index (χ4v) is 5.60. The molecule has 2 N–H and O–H groups in total. The molecule has 7 nitrogen and oxygen atoms in total. The van der Waals surface area contributed by atoms with E-state index in [4.69, 9.17) is 4.74 Å². The fourth-order valence-electron chi connectivity index (χ4n) is 5.60. The van der Waals surface area contributed by atoms with Crippen LogP contribution in [0, 0.1) is 5.92 Å². The Morgan fingerprint density at radius 2 is 1.82 bits per heavy atom. The molecule has 38 heavy (non-hydrogen) atoms. The number of nitrogens with zero attached hydrogens (tertiary/aromatic N) is 2. The molecule has 2 aromatic carbocycles. The summed E-state index contributed by atoms with van der Waals surface area (Å²) in [6.45, 7) is 12.9. The Bertz CT molecular complexity index is 1380. The lowest BCUT2D eigenvalue weighted by Crippen LogP contribution is -2.29. The molecule has 3 heterocycles. The zero-order valence-electron chi connectivity index (χ0n) is 23.1. The summed E-state index contributed by atoms with van der Waals surface area (Å²) in [5, 5.41) is 14.8. The lowest BCUT2D eigenvalue weighted by molar-refractivity contribution is 0.0547. The fraction of sp³-hybridized carbons (Fsp3) is 0.484. The number of aliphatic hydroxyl groups is 1. The minimum atomic E-state index is -0.690. The normalized spacial score (nSPS) is 17.1. The number of carbonyl (C=O) groups is 2. The topological polar surface area (TPSA) is 83.8 Å². The van der Waals surface area contributed by atoms with Crippen molar-refractivity contribution in [3.63, 3.8) is 0 Å². The highest BCUT2D eigenvalue weighted by atomic mass is 16.6. The van der Waals surface area contributed by atoms with Gasteiger partial charge in [-0.2, -0.15) is 0 Å². The van der Waals surface area contributed by atoms with E-state index in [1.165, 1.54) is 24.8 Å². The van der Waals surface area contributed by atoms with Crippen molar-refractivity contribution in [2.24, 2.45) is 5.92 Å². The molecule has 2 aliphatic rings. The van der Waals surface area contributed by atoms with Gasteiger partial charge in [-0.15, -0.1) is 0 Å². The van der Waals surface area contributed by atoms with Gasteiger partial charge in [0.05, 0.1) is 22.9 Å². The first kappa shape index (κ1) is 26.4. The highest BCUT2D eigenvalue weighted by molar-refractivity contribution is 6.07. The highest BCUT2D eigenvalue weighted by Crippen LogP contribution is 2.38. The summed E-state index contributed by atoms with van der Waals surface area (Å²) in [7, 11) is 0. The van der Waals surface area contributed by atoms with Gasteiger partial charge in [0.15, 0.2) is 0 Å². The van der Waals surface area contributed by atoms with E-state index in [0.29, 0.717) is 23.4 Å². The molecule has 3 aromatic rings. The van der Waals surface area contributed by atoms with Gasteiger partial charge in [0.25, 0.3) is 5.91 Å². The van der Waals surface area contributed by atoms with Crippen molar-refractivity contribution in [1.82, 2.24) is 14.8 Å². The Labute approximate surface area is 224 Å². The van der Waals surface area contributed by atoms with Crippen LogP contribution in [0.2, 0.25) is 0 Å². The zero-order valence-corrected chi connectivity index (χ0v) is 23.1. The standard InChI is InChI=1S/C31H39N3O4/c1-19(2)28(35)22-14-23-17-32-29(36)27(23)24(15-22)26-16-21-13-20(18-33-11-7-6-8-12-33)9-10-25(21)34(26)30(37)38-31(3,4)5/h9-10,13-16,19,28,35H,6-8,11-12,17-18H2,1-5H3,(H,32,36). The number of nitrogens with one attached hydrogen (secondary N) is 1.